The summed E-state index contributed by atoms with van der Waals surface area (Å²) in [6.07, 6.45) is 4.14. The average molecular weight is 252 g/mol. The first-order valence-electron chi connectivity index (χ1n) is 6.06. The lowest BCUT2D eigenvalue weighted by Crippen LogP contribution is -2.12. The van der Waals surface area contributed by atoms with Crippen LogP contribution in [0.5, 0.6) is 0 Å². The molecule has 90 valence electrons. The largest absolute Gasteiger partial charge is 0.0984 e. The molecule has 2 rings (SSSR count). The number of rotatable bonds is 4. The second kappa shape index (κ2) is 6.33. The molecule has 0 radical (unpaired) electrons. The lowest BCUT2D eigenvalue weighted by atomic mass is 10.4. The third-order valence-corrected chi connectivity index (χ3v) is 5.38. The molecule has 2 aromatic carbocycles. The Hall–Kier alpha value is -1.65. The van der Waals surface area contributed by atoms with Crippen molar-refractivity contribution in [1.82, 2.24) is 0 Å². The van der Waals surface area contributed by atoms with Gasteiger partial charge in [0.2, 0.25) is 0 Å². The molecular formula is C17H17P. The molecule has 0 amide bonds. The van der Waals surface area contributed by atoms with Gasteiger partial charge in [0.05, 0.1) is 0 Å². The summed E-state index contributed by atoms with van der Waals surface area (Å²) in [7, 11) is -0.471. The normalized spacial score (nSPS) is 11.6. The quantitative estimate of drug-likeness (QED) is 0.565. The molecule has 0 atom stereocenters. The molecule has 18 heavy (non-hydrogen) atoms. The maximum absolute atomic E-state index is 3.95. The highest BCUT2D eigenvalue weighted by atomic mass is 31.1. The van der Waals surface area contributed by atoms with Crippen LogP contribution in [-0.2, 0) is 0 Å². The van der Waals surface area contributed by atoms with Crippen LogP contribution in [0.4, 0.5) is 0 Å². The van der Waals surface area contributed by atoms with Gasteiger partial charge in [-0.3, -0.25) is 0 Å². The van der Waals surface area contributed by atoms with Crippen molar-refractivity contribution in [2.75, 3.05) is 0 Å². The lowest BCUT2D eigenvalue weighted by molar-refractivity contribution is 1.69. The summed E-state index contributed by atoms with van der Waals surface area (Å²) >= 11 is 0. The van der Waals surface area contributed by atoms with E-state index in [1.165, 1.54) is 15.9 Å². The predicted molar refractivity (Wildman–Crippen MR) is 83.0 cm³/mol. The Morgan fingerprint density at radius 2 is 1.33 bits per heavy atom. The molecule has 0 N–H and O–H groups in total. The number of hydrogen-bond donors (Lipinski definition) is 0. The van der Waals surface area contributed by atoms with E-state index in [1.54, 1.807) is 0 Å². The van der Waals surface area contributed by atoms with Crippen molar-refractivity contribution >= 4 is 18.5 Å². The summed E-state index contributed by atoms with van der Waals surface area (Å²) in [6.45, 7) is 6.03. The molecule has 0 aliphatic carbocycles. The van der Waals surface area contributed by atoms with Crippen LogP contribution in [0.2, 0.25) is 0 Å². The summed E-state index contributed by atoms with van der Waals surface area (Å²) in [5.41, 5.74) is 0. The minimum atomic E-state index is -0.471. The number of benzene rings is 2. The van der Waals surface area contributed by atoms with E-state index >= 15 is 0 Å². The number of allylic oxidation sites excluding steroid dienone is 3. The summed E-state index contributed by atoms with van der Waals surface area (Å²) in [6, 6.07) is 21.3. The van der Waals surface area contributed by atoms with Gasteiger partial charge in [0.25, 0.3) is 0 Å². The standard InChI is InChI=1S/C17H17P/c1-3-15(4-2)18(16-11-7-5-8-12-16)17-13-9-6-10-14-17/h3-14H,1H2,2H3/b15-4+. The zero-order valence-corrected chi connectivity index (χ0v) is 11.5. The molecule has 0 spiro atoms. The molecule has 0 aliphatic heterocycles. The average Bonchev–Trinajstić information content (AvgIpc) is 2.46. The van der Waals surface area contributed by atoms with Crippen LogP contribution in [0, 0.1) is 0 Å². The van der Waals surface area contributed by atoms with Gasteiger partial charge in [0, 0.05) is 0 Å². The summed E-state index contributed by atoms with van der Waals surface area (Å²) in [5, 5.41) is 4.04. The molecule has 0 saturated carbocycles. The van der Waals surface area contributed by atoms with Gasteiger partial charge >= 0.3 is 0 Å². The maximum atomic E-state index is 3.95. The maximum Gasteiger partial charge on any atom is -0.0138 e. The molecule has 2 aromatic rings. The van der Waals surface area contributed by atoms with Crippen molar-refractivity contribution in [2.45, 2.75) is 6.92 Å². The second-order valence-corrected chi connectivity index (χ2v) is 6.14. The Balaban J connectivity index is 2.52. The number of hydrogen-bond acceptors (Lipinski definition) is 0. The fraction of sp³-hybridized carbons (Fsp3) is 0.0588. The predicted octanol–water partition coefficient (Wildman–Crippen LogP) is 4.21. The first-order valence-corrected chi connectivity index (χ1v) is 7.40. The fourth-order valence-corrected chi connectivity index (χ4v) is 4.22. The zero-order valence-electron chi connectivity index (χ0n) is 10.6. The van der Waals surface area contributed by atoms with E-state index in [1.807, 2.05) is 6.08 Å². The van der Waals surface area contributed by atoms with E-state index < -0.39 is 7.92 Å². The first kappa shape index (κ1) is 12.8. The molecule has 0 fully saturated rings. The van der Waals surface area contributed by atoms with Crippen molar-refractivity contribution in [3.05, 3.63) is 84.7 Å². The van der Waals surface area contributed by atoms with Gasteiger partial charge in [-0.25, -0.2) is 0 Å². The van der Waals surface area contributed by atoms with Gasteiger partial charge in [0.15, 0.2) is 0 Å². The van der Waals surface area contributed by atoms with E-state index in [0.717, 1.165) is 0 Å². The van der Waals surface area contributed by atoms with E-state index in [-0.39, 0.29) is 0 Å². The minimum absolute atomic E-state index is 0.471. The minimum Gasteiger partial charge on any atom is -0.0984 e. The monoisotopic (exact) mass is 252 g/mol. The molecule has 1 heteroatoms. The molecule has 0 heterocycles. The van der Waals surface area contributed by atoms with Crippen molar-refractivity contribution in [1.29, 1.82) is 0 Å². The van der Waals surface area contributed by atoms with Gasteiger partial charge in [-0.2, -0.15) is 0 Å². The van der Waals surface area contributed by atoms with E-state index in [9.17, 15) is 0 Å². The van der Waals surface area contributed by atoms with Crippen LogP contribution in [0.25, 0.3) is 0 Å². The highest BCUT2D eigenvalue weighted by Crippen LogP contribution is 2.43. The van der Waals surface area contributed by atoms with Gasteiger partial charge in [0.1, 0.15) is 0 Å². The summed E-state index contributed by atoms with van der Waals surface area (Å²) in [5.74, 6) is 0. The Bertz CT molecular complexity index is 487. The Kier molecular flexibility index (Phi) is 4.50. The van der Waals surface area contributed by atoms with E-state index in [4.69, 9.17) is 0 Å². The van der Waals surface area contributed by atoms with Crippen LogP contribution in [0.15, 0.2) is 84.7 Å². The SMILES string of the molecule is C=C/C(=C\C)P(c1ccccc1)c1ccccc1. The molecular weight excluding hydrogens is 235 g/mol. The molecule has 0 saturated heterocycles. The van der Waals surface area contributed by atoms with Crippen molar-refractivity contribution < 1.29 is 0 Å². The van der Waals surface area contributed by atoms with Crippen LogP contribution in [0.3, 0.4) is 0 Å². The second-order valence-electron chi connectivity index (χ2n) is 3.92. The highest BCUT2D eigenvalue weighted by Gasteiger charge is 2.15. The molecule has 0 nitrogen and oxygen atoms in total. The van der Waals surface area contributed by atoms with Crippen molar-refractivity contribution in [2.24, 2.45) is 0 Å². The Labute approximate surface area is 110 Å². The fourth-order valence-electron chi connectivity index (χ4n) is 1.94. The van der Waals surface area contributed by atoms with Crippen LogP contribution in [-0.4, -0.2) is 0 Å². The summed E-state index contributed by atoms with van der Waals surface area (Å²) < 4.78 is 0. The molecule has 0 bridgehead atoms. The highest BCUT2D eigenvalue weighted by molar-refractivity contribution is 7.77. The smallest absolute Gasteiger partial charge is 0.0138 e. The van der Waals surface area contributed by atoms with Crippen molar-refractivity contribution in [3.63, 3.8) is 0 Å². The molecule has 0 aliphatic rings. The van der Waals surface area contributed by atoms with Gasteiger partial charge in [-0.15, -0.1) is 0 Å². The van der Waals surface area contributed by atoms with Crippen LogP contribution in [0.1, 0.15) is 6.92 Å². The Morgan fingerprint density at radius 3 is 1.67 bits per heavy atom. The molecule has 0 aromatic heterocycles. The zero-order chi connectivity index (χ0) is 12.8. The third kappa shape index (κ3) is 2.78. The first-order chi connectivity index (χ1) is 8.86. The summed E-state index contributed by atoms with van der Waals surface area (Å²) in [4.78, 5) is 0. The van der Waals surface area contributed by atoms with Gasteiger partial charge < -0.3 is 0 Å². The topological polar surface area (TPSA) is 0 Å². The third-order valence-electron chi connectivity index (χ3n) is 2.79. The van der Waals surface area contributed by atoms with Gasteiger partial charge in [-0.1, -0.05) is 79.4 Å². The van der Waals surface area contributed by atoms with Crippen LogP contribution >= 0.6 is 7.92 Å². The van der Waals surface area contributed by atoms with E-state index in [2.05, 4.69) is 80.2 Å². The molecule has 0 unspecified atom stereocenters. The Morgan fingerprint density at radius 1 is 0.889 bits per heavy atom. The lowest BCUT2D eigenvalue weighted by Gasteiger charge is -2.19. The van der Waals surface area contributed by atoms with Crippen LogP contribution < -0.4 is 10.6 Å². The van der Waals surface area contributed by atoms with Gasteiger partial charge in [-0.05, 0) is 30.8 Å². The van der Waals surface area contributed by atoms with E-state index in [0.29, 0.717) is 0 Å². The van der Waals surface area contributed by atoms with Crippen molar-refractivity contribution in [3.8, 4) is 0 Å².